The molecule has 1 rings (SSSR count). The van der Waals surface area contributed by atoms with Crippen LogP contribution in [0.15, 0.2) is 16.6 Å². The van der Waals surface area contributed by atoms with Crippen LogP contribution in [0.25, 0.3) is 0 Å². The van der Waals surface area contributed by atoms with Crippen LogP contribution in [0.1, 0.15) is 29.8 Å². The van der Waals surface area contributed by atoms with Gasteiger partial charge in [-0.1, -0.05) is 15.9 Å². The first-order chi connectivity index (χ1) is 8.95. The first kappa shape index (κ1) is 17.0. The lowest BCUT2D eigenvalue weighted by Gasteiger charge is -2.23. The smallest absolute Gasteiger partial charge is 0.251 e. The Morgan fingerprint density at radius 1 is 1.40 bits per heavy atom. The molecule has 0 saturated carbocycles. The van der Waals surface area contributed by atoms with E-state index in [4.69, 9.17) is 5.73 Å². The van der Waals surface area contributed by atoms with E-state index in [1.165, 1.54) is 0 Å². The Kier molecular flexibility index (Phi) is 4.86. The highest BCUT2D eigenvalue weighted by molar-refractivity contribution is 9.10. The highest BCUT2D eigenvalue weighted by Crippen LogP contribution is 2.23. The van der Waals surface area contributed by atoms with Gasteiger partial charge in [-0.15, -0.1) is 0 Å². The number of hydrogen-bond donors (Lipinski definition) is 2. The summed E-state index contributed by atoms with van der Waals surface area (Å²) in [7, 11) is -3.26. The molecule has 1 aromatic rings. The summed E-state index contributed by atoms with van der Waals surface area (Å²) in [4.78, 5) is 12.2. The van der Waals surface area contributed by atoms with Crippen LogP contribution in [0.4, 0.5) is 5.69 Å². The summed E-state index contributed by atoms with van der Waals surface area (Å²) < 4.78 is 22.9. The molecule has 0 aliphatic heterocycles. The highest BCUT2D eigenvalue weighted by atomic mass is 79.9. The van der Waals surface area contributed by atoms with E-state index in [1.807, 2.05) is 0 Å². The zero-order chi connectivity index (χ0) is 15.7. The molecule has 5 nitrogen and oxygen atoms in total. The summed E-state index contributed by atoms with van der Waals surface area (Å²) in [6.45, 7) is 4.93. The third-order valence-corrected chi connectivity index (χ3v) is 5.95. The SMILES string of the molecule is Cc1c(N)cc(Br)cc1C(=O)NCC(C)(C)S(C)(=O)=O. The Morgan fingerprint density at radius 3 is 2.45 bits per heavy atom. The van der Waals surface area contributed by atoms with Crippen LogP contribution in [0, 0.1) is 6.92 Å². The molecule has 1 aromatic carbocycles. The van der Waals surface area contributed by atoms with Crippen molar-refractivity contribution in [3.8, 4) is 0 Å². The maximum Gasteiger partial charge on any atom is 0.251 e. The fraction of sp³-hybridized carbons (Fsp3) is 0.462. The van der Waals surface area contributed by atoms with Crippen molar-refractivity contribution in [2.45, 2.75) is 25.5 Å². The molecule has 0 aliphatic rings. The Labute approximate surface area is 128 Å². The number of nitrogens with two attached hydrogens (primary N) is 1. The molecule has 0 radical (unpaired) electrons. The normalized spacial score (nSPS) is 12.2. The maximum atomic E-state index is 12.2. The molecule has 112 valence electrons. The molecule has 0 heterocycles. The first-order valence-corrected chi connectivity index (χ1v) is 8.67. The molecule has 7 heteroatoms. The van der Waals surface area contributed by atoms with E-state index in [-0.39, 0.29) is 12.5 Å². The van der Waals surface area contributed by atoms with Crippen molar-refractivity contribution in [3.63, 3.8) is 0 Å². The van der Waals surface area contributed by atoms with Gasteiger partial charge >= 0.3 is 0 Å². The average Bonchev–Trinajstić information content (AvgIpc) is 2.29. The third-order valence-electron chi connectivity index (χ3n) is 3.34. The zero-order valence-electron chi connectivity index (χ0n) is 12.0. The number of sulfone groups is 1. The minimum absolute atomic E-state index is 0.0382. The Hall–Kier alpha value is -1.08. The van der Waals surface area contributed by atoms with Crippen LogP contribution in [0.2, 0.25) is 0 Å². The number of carbonyl (C=O) groups excluding carboxylic acids is 1. The summed E-state index contributed by atoms with van der Waals surface area (Å²) in [5.41, 5.74) is 7.41. The predicted octanol–water partition coefficient (Wildman–Crippen LogP) is 1.89. The van der Waals surface area contributed by atoms with Gasteiger partial charge in [0.25, 0.3) is 5.91 Å². The molecule has 0 saturated heterocycles. The number of nitrogen functional groups attached to an aromatic ring is 1. The number of benzene rings is 1. The summed E-state index contributed by atoms with van der Waals surface area (Å²) >= 11 is 3.28. The third kappa shape index (κ3) is 3.73. The largest absolute Gasteiger partial charge is 0.398 e. The lowest BCUT2D eigenvalue weighted by molar-refractivity contribution is 0.0950. The van der Waals surface area contributed by atoms with Gasteiger partial charge in [0, 0.05) is 28.5 Å². The molecule has 0 unspecified atom stereocenters. The van der Waals surface area contributed by atoms with Crippen LogP contribution in [0.3, 0.4) is 0 Å². The van der Waals surface area contributed by atoms with Crippen molar-refractivity contribution in [2.24, 2.45) is 0 Å². The molecule has 3 N–H and O–H groups in total. The summed E-state index contributed by atoms with van der Waals surface area (Å²) in [6.07, 6.45) is 1.15. The molecule has 0 bridgehead atoms. The second kappa shape index (κ2) is 5.73. The molecule has 0 aromatic heterocycles. The first-order valence-electron chi connectivity index (χ1n) is 5.99. The van der Waals surface area contributed by atoms with Crippen molar-refractivity contribution >= 4 is 37.4 Å². The van der Waals surface area contributed by atoms with E-state index in [1.54, 1.807) is 32.9 Å². The fourth-order valence-corrected chi connectivity index (χ4v) is 2.27. The molecular weight excluding hydrogens is 344 g/mol. The minimum Gasteiger partial charge on any atom is -0.398 e. The van der Waals surface area contributed by atoms with E-state index in [0.29, 0.717) is 21.3 Å². The summed E-state index contributed by atoms with van der Waals surface area (Å²) in [6, 6.07) is 3.38. The number of anilines is 1. The molecule has 0 atom stereocenters. The fourth-order valence-electron chi connectivity index (χ4n) is 1.46. The molecule has 20 heavy (non-hydrogen) atoms. The van der Waals surface area contributed by atoms with Crippen LogP contribution in [-0.4, -0.2) is 31.9 Å². The summed E-state index contributed by atoms with van der Waals surface area (Å²) in [5, 5.41) is 2.65. The number of halogens is 1. The Bertz CT molecular complexity index is 639. The Morgan fingerprint density at radius 2 is 1.95 bits per heavy atom. The second-order valence-corrected chi connectivity index (χ2v) is 8.95. The number of hydrogen-bond acceptors (Lipinski definition) is 4. The molecule has 0 spiro atoms. The van der Waals surface area contributed by atoms with Crippen LogP contribution < -0.4 is 11.1 Å². The number of amides is 1. The average molecular weight is 363 g/mol. The van der Waals surface area contributed by atoms with E-state index >= 15 is 0 Å². The van der Waals surface area contributed by atoms with Gasteiger partial charge in [-0.05, 0) is 38.5 Å². The zero-order valence-corrected chi connectivity index (χ0v) is 14.4. The van der Waals surface area contributed by atoms with Crippen molar-refractivity contribution in [1.29, 1.82) is 0 Å². The van der Waals surface area contributed by atoms with E-state index in [9.17, 15) is 13.2 Å². The van der Waals surface area contributed by atoms with Gasteiger partial charge < -0.3 is 11.1 Å². The lowest BCUT2D eigenvalue weighted by Crippen LogP contribution is -2.43. The van der Waals surface area contributed by atoms with E-state index in [0.717, 1.165) is 6.26 Å². The van der Waals surface area contributed by atoms with Gasteiger partial charge in [0.2, 0.25) is 0 Å². The quantitative estimate of drug-likeness (QED) is 0.800. The lowest BCUT2D eigenvalue weighted by atomic mass is 10.1. The number of carbonyl (C=O) groups is 1. The van der Waals surface area contributed by atoms with Gasteiger partial charge in [-0.3, -0.25) is 4.79 Å². The predicted molar refractivity (Wildman–Crippen MR) is 84.5 cm³/mol. The second-order valence-electron chi connectivity index (χ2n) is 5.38. The summed E-state index contributed by atoms with van der Waals surface area (Å²) in [5.74, 6) is -0.341. The van der Waals surface area contributed by atoms with Crippen molar-refractivity contribution in [3.05, 3.63) is 27.7 Å². The molecular formula is C13H19BrN2O3S. The molecule has 0 fully saturated rings. The van der Waals surface area contributed by atoms with Crippen molar-refractivity contribution in [1.82, 2.24) is 5.32 Å². The van der Waals surface area contributed by atoms with Gasteiger partial charge in [-0.25, -0.2) is 8.42 Å². The Balaban J connectivity index is 2.94. The monoisotopic (exact) mass is 362 g/mol. The van der Waals surface area contributed by atoms with E-state index < -0.39 is 14.6 Å². The van der Waals surface area contributed by atoms with Gasteiger partial charge in [0.05, 0.1) is 4.75 Å². The highest BCUT2D eigenvalue weighted by Gasteiger charge is 2.30. The van der Waals surface area contributed by atoms with Crippen LogP contribution in [-0.2, 0) is 9.84 Å². The van der Waals surface area contributed by atoms with Gasteiger partial charge in [-0.2, -0.15) is 0 Å². The topological polar surface area (TPSA) is 89.3 Å². The van der Waals surface area contributed by atoms with Crippen molar-refractivity contribution < 1.29 is 13.2 Å². The minimum atomic E-state index is -3.26. The molecule has 1 amide bonds. The van der Waals surface area contributed by atoms with Crippen molar-refractivity contribution in [2.75, 3.05) is 18.5 Å². The van der Waals surface area contributed by atoms with Crippen LogP contribution >= 0.6 is 15.9 Å². The van der Waals surface area contributed by atoms with Gasteiger partial charge in [0.15, 0.2) is 9.84 Å². The molecule has 0 aliphatic carbocycles. The van der Waals surface area contributed by atoms with Gasteiger partial charge in [0.1, 0.15) is 0 Å². The van der Waals surface area contributed by atoms with E-state index in [2.05, 4.69) is 21.2 Å². The number of nitrogens with one attached hydrogen (secondary N) is 1. The maximum absolute atomic E-state index is 12.2. The standard InChI is InChI=1S/C13H19BrN2O3S/c1-8-10(5-9(14)6-11(8)15)12(17)16-7-13(2,3)20(4,18)19/h5-6H,7,15H2,1-4H3,(H,16,17). The van der Waals surface area contributed by atoms with Crippen LogP contribution in [0.5, 0.6) is 0 Å². The number of rotatable bonds is 4.